The Bertz CT molecular complexity index is 477. The van der Waals surface area contributed by atoms with Crippen LogP contribution in [0.5, 0.6) is 0 Å². The summed E-state index contributed by atoms with van der Waals surface area (Å²) in [6.07, 6.45) is 3.27. The second-order valence-corrected chi connectivity index (χ2v) is 8.07. The van der Waals surface area contributed by atoms with Crippen LogP contribution in [-0.4, -0.2) is 44.6 Å². The van der Waals surface area contributed by atoms with Gasteiger partial charge < -0.3 is 33.8 Å². The lowest BCUT2D eigenvalue weighted by atomic mass is 9.96. The van der Waals surface area contributed by atoms with Gasteiger partial charge in [0.05, 0.1) is 33.6 Å². The quantitative estimate of drug-likeness (QED) is 0.336. The summed E-state index contributed by atoms with van der Waals surface area (Å²) >= 11 is 0. The minimum absolute atomic E-state index is 0. The number of carbonyl (C=O) groups is 1. The number of hydrogen-bond donors (Lipinski definition) is 1. The fourth-order valence-corrected chi connectivity index (χ4v) is 2.64. The van der Waals surface area contributed by atoms with Crippen molar-refractivity contribution >= 4 is 5.91 Å². The Balaban J connectivity index is 0.00000529. The van der Waals surface area contributed by atoms with Crippen LogP contribution >= 0.6 is 0 Å². The van der Waals surface area contributed by atoms with Gasteiger partial charge in [0.2, 0.25) is 5.91 Å². The first-order valence-corrected chi connectivity index (χ1v) is 8.86. The second-order valence-electron chi connectivity index (χ2n) is 8.07. The topological polar surface area (TPSA) is 29.1 Å². The van der Waals surface area contributed by atoms with Gasteiger partial charge in [0.1, 0.15) is 0 Å². The van der Waals surface area contributed by atoms with Crippen molar-refractivity contribution in [2.24, 2.45) is 5.92 Å². The second kappa shape index (κ2) is 11.1. The lowest BCUT2D eigenvalue weighted by Crippen LogP contribution is -3.00. The largest absolute Gasteiger partial charge is 1.00 e. The predicted molar refractivity (Wildman–Crippen MR) is 98.5 cm³/mol. The molecule has 0 radical (unpaired) electrons. The Morgan fingerprint density at radius 2 is 1.62 bits per heavy atom. The van der Waals surface area contributed by atoms with Gasteiger partial charge in [-0.2, -0.15) is 0 Å². The van der Waals surface area contributed by atoms with E-state index >= 15 is 0 Å². The van der Waals surface area contributed by atoms with Gasteiger partial charge in [-0.3, -0.25) is 4.79 Å². The molecule has 3 nitrogen and oxygen atoms in total. The molecule has 1 atom stereocenters. The molecule has 0 saturated heterocycles. The van der Waals surface area contributed by atoms with Gasteiger partial charge in [-0.25, -0.2) is 0 Å². The monoisotopic (exact) mass is 446 g/mol. The van der Waals surface area contributed by atoms with E-state index in [4.69, 9.17) is 0 Å². The number of carbonyl (C=O) groups excluding carboxylic acids is 1. The SMILES string of the molecule is CC(C)Cc1ccc([C@@H](C)C(=O)NCCCC[N+](C)(C)C)cc1.[I-]. The number of hydrogen-bond acceptors (Lipinski definition) is 1. The molecule has 0 unspecified atom stereocenters. The molecule has 0 fully saturated rings. The lowest BCUT2D eigenvalue weighted by Gasteiger charge is -2.23. The number of nitrogens with one attached hydrogen (secondary N) is 1. The van der Waals surface area contributed by atoms with E-state index in [-0.39, 0.29) is 35.8 Å². The predicted octanol–water partition coefficient (Wildman–Crippen LogP) is 0.595. The standard InChI is InChI=1S/C20H34N2O.HI/c1-16(2)15-18-9-11-19(12-10-18)17(3)20(23)21-13-7-8-14-22(4,5)6;/h9-12,16-17H,7-8,13-15H2,1-6H3;1H/t17-;/m1./s1. The van der Waals surface area contributed by atoms with Crippen LogP contribution in [0.4, 0.5) is 0 Å². The summed E-state index contributed by atoms with van der Waals surface area (Å²) in [7, 11) is 6.59. The van der Waals surface area contributed by atoms with Crippen LogP contribution in [0.25, 0.3) is 0 Å². The van der Waals surface area contributed by atoms with Crippen molar-refractivity contribution in [2.45, 2.75) is 46.0 Å². The van der Waals surface area contributed by atoms with Crippen molar-refractivity contribution in [3.8, 4) is 0 Å². The Morgan fingerprint density at radius 1 is 1.04 bits per heavy atom. The molecular weight excluding hydrogens is 411 g/mol. The summed E-state index contributed by atoms with van der Waals surface area (Å²) < 4.78 is 0.979. The third kappa shape index (κ3) is 9.62. The van der Waals surface area contributed by atoms with Crippen molar-refractivity contribution in [1.29, 1.82) is 0 Å². The Morgan fingerprint density at radius 3 is 2.12 bits per heavy atom. The summed E-state index contributed by atoms with van der Waals surface area (Å²) in [6, 6.07) is 8.50. The van der Waals surface area contributed by atoms with Crippen LogP contribution in [0.2, 0.25) is 0 Å². The first kappa shape index (κ1) is 23.4. The molecule has 0 aliphatic rings. The Labute approximate surface area is 165 Å². The zero-order valence-electron chi connectivity index (χ0n) is 16.2. The van der Waals surface area contributed by atoms with Crippen molar-refractivity contribution < 1.29 is 33.3 Å². The van der Waals surface area contributed by atoms with Crippen molar-refractivity contribution in [2.75, 3.05) is 34.2 Å². The fourth-order valence-electron chi connectivity index (χ4n) is 2.64. The number of quaternary nitrogens is 1. The first-order chi connectivity index (χ1) is 10.7. The third-order valence-corrected chi connectivity index (χ3v) is 4.07. The van der Waals surface area contributed by atoms with Crippen LogP contribution in [0, 0.1) is 5.92 Å². The average molecular weight is 446 g/mol. The van der Waals surface area contributed by atoms with Crippen molar-refractivity contribution in [3.63, 3.8) is 0 Å². The van der Waals surface area contributed by atoms with E-state index < -0.39 is 0 Å². The Hall–Kier alpha value is -0.620. The van der Waals surface area contributed by atoms with Gasteiger partial charge in [-0.15, -0.1) is 0 Å². The normalized spacial score (nSPS) is 12.6. The van der Waals surface area contributed by atoms with E-state index in [1.54, 1.807) is 0 Å². The molecule has 0 bridgehead atoms. The third-order valence-electron chi connectivity index (χ3n) is 4.07. The molecule has 138 valence electrons. The van der Waals surface area contributed by atoms with Crippen LogP contribution in [0.1, 0.15) is 50.7 Å². The summed E-state index contributed by atoms with van der Waals surface area (Å²) in [5.74, 6) is 0.710. The van der Waals surface area contributed by atoms with Gasteiger partial charge in [-0.1, -0.05) is 38.1 Å². The lowest BCUT2D eigenvalue weighted by molar-refractivity contribution is -0.870. The van der Waals surface area contributed by atoms with Gasteiger partial charge in [-0.05, 0) is 43.2 Å². The molecule has 4 heteroatoms. The smallest absolute Gasteiger partial charge is 0.227 e. The van der Waals surface area contributed by atoms with Gasteiger partial charge >= 0.3 is 0 Å². The zero-order chi connectivity index (χ0) is 17.5. The van der Waals surface area contributed by atoms with Crippen LogP contribution in [0.15, 0.2) is 24.3 Å². The molecule has 0 aromatic heterocycles. The van der Waals surface area contributed by atoms with Crippen LogP contribution in [0.3, 0.4) is 0 Å². The molecule has 1 aromatic carbocycles. The van der Waals surface area contributed by atoms with E-state index in [0.29, 0.717) is 5.92 Å². The highest BCUT2D eigenvalue weighted by molar-refractivity contribution is 5.83. The molecule has 0 saturated carbocycles. The summed E-state index contributed by atoms with van der Waals surface area (Å²) in [5.41, 5.74) is 2.44. The summed E-state index contributed by atoms with van der Waals surface area (Å²) in [5, 5.41) is 3.07. The maximum Gasteiger partial charge on any atom is 0.227 e. The highest BCUT2D eigenvalue weighted by atomic mass is 127. The average Bonchev–Trinajstić information content (AvgIpc) is 2.45. The van der Waals surface area contributed by atoms with Crippen LogP contribution < -0.4 is 29.3 Å². The number of halogens is 1. The molecule has 1 amide bonds. The van der Waals surface area contributed by atoms with Crippen molar-refractivity contribution in [3.05, 3.63) is 35.4 Å². The number of benzene rings is 1. The van der Waals surface area contributed by atoms with Gasteiger partial charge in [0.25, 0.3) is 0 Å². The maximum absolute atomic E-state index is 12.3. The van der Waals surface area contributed by atoms with E-state index in [1.807, 2.05) is 6.92 Å². The van der Waals surface area contributed by atoms with Gasteiger partial charge in [0.15, 0.2) is 0 Å². The van der Waals surface area contributed by atoms with Crippen molar-refractivity contribution in [1.82, 2.24) is 5.32 Å². The number of nitrogens with zero attached hydrogens (tertiary/aromatic N) is 1. The molecule has 0 aliphatic carbocycles. The fraction of sp³-hybridized carbons (Fsp3) is 0.650. The molecule has 0 aliphatic heterocycles. The molecule has 1 aromatic rings. The minimum Gasteiger partial charge on any atom is -1.00 e. The summed E-state index contributed by atoms with van der Waals surface area (Å²) in [4.78, 5) is 12.3. The van der Waals surface area contributed by atoms with E-state index in [2.05, 4.69) is 64.6 Å². The number of amides is 1. The molecular formula is C20H35IN2O. The molecule has 24 heavy (non-hydrogen) atoms. The molecule has 0 heterocycles. The molecule has 1 rings (SSSR count). The van der Waals surface area contributed by atoms with Crippen LogP contribution in [-0.2, 0) is 11.2 Å². The van der Waals surface area contributed by atoms with E-state index in [1.165, 1.54) is 5.56 Å². The van der Waals surface area contributed by atoms with E-state index in [9.17, 15) is 4.79 Å². The highest BCUT2D eigenvalue weighted by Gasteiger charge is 2.15. The number of rotatable bonds is 9. The van der Waals surface area contributed by atoms with E-state index in [0.717, 1.165) is 42.4 Å². The summed E-state index contributed by atoms with van der Waals surface area (Å²) in [6.45, 7) is 8.35. The minimum atomic E-state index is -0.0819. The highest BCUT2D eigenvalue weighted by Crippen LogP contribution is 2.17. The molecule has 0 spiro atoms. The zero-order valence-corrected chi connectivity index (χ0v) is 18.4. The maximum atomic E-state index is 12.3. The Kier molecular flexibility index (Phi) is 10.8. The molecule has 1 N–H and O–H groups in total. The number of unbranched alkanes of at least 4 members (excludes halogenated alkanes) is 1. The first-order valence-electron chi connectivity index (χ1n) is 8.86. The van der Waals surface area contributed by atoms with Gasteiger partial charge in [0, 0.05) is 6.54 Å².